The number of piperidine rings is 1. The van der Waals surface area contributed by atoms with Gasteiger partial charge in [0, 0.05) is 18.0 Å². The monoisotopic (exact) mass is 226 g/mol. The van der Waals surface area contributed by atoms with Crippen LogP contribution in [0.3, 0.4) is 0 Å². The van der Waals surface area contributed by atoms with Gasteiger partial charge >= 0.3 is 0 Å². The molecule has 1 rings (SSSR count). The fourth-order valence-corrected chi connectivity index (χ4v) is 2.04. The molecule has 1 heterocycles. The van der Waals surface area contributed by atoms with Gasteiger partial charge < -0.3 is 4.90 Å². The topological polar surface area (TPSA) is 23.6 Å². The van der Waals surface area contributed by atoms with E-state index in [0.717, 1.165) is 13.1 Å². The molecule has 0 saturated carbocycles. The first-order valence-corrected chi connectivity index (χ1v) is 6.23. The summed E-state index contributed by atoms with van der Waals surface area (Å²) in [5, 5.41) is 0. The molecule has 1 aliphatic rings. The molecule has 0 radical (unpaired) electrons. The van der Waals surface area contributed by atoms with Crippen LogP contribution < -0.4 is 0 Å². The number of likely N-dealkylation sites (tertiary alicyclic amines) is 1. The van der Waals surface area contributed by atoms with Crippen LogP contribution in [0.25, 0.3) is 0 Å². The average molecular weight is 226 g/mol. The Kier molecular flexibility index (Phi) is 4.51. The number of rotatable bonds is 3. The van der Waals surface area contributed by atoms with Crippen LogP contribution in [0.1, 0.15) is 33.6 Å². The van der Waals surface area contributed by atoms with Gasteiger partial charge in [-0.2, -0.15) is 0 Å². The molecule has 0 amide bonds. The van der Waals surface area contributed by atoms with E-state index in [1.807, 2.05) is 20.8 Å². The summed E-state index contributed by atoms with van der Waals surface area (Å²) in [6.07, 6.45) is 2.47. The van der Waals surface area contributed by atoms with Crippen molar-refractivity contribution in [1.29, 1.82) is 0 Å². The number of carbonyl (C=O) groups excluding carboxylic acids is 1. The molecule has 0 aromatic carbocycles. The lowest BCUT2D eigenvalue weighted by Crippen LogP contribution is -2.47. The second kappa shape index (κ2) is 5.28. The summed E-state index contributed by atoms with van der Waals surface area (Å²) in [5.41, 5.74) is -0.203. The molecule has 0 aromatic heterocycles. The molecular formula is C13H26N2O. The summed E-state index contributed by atoms with van der Waals surface area (Å²) in [7, 11) is 4.25. The molecule has 1 aliphatic heterocycles. The molecule has 1 saturated heterocycles. The Hall–Kier alpha value is -0.410. The third-order valence-corrected chi connectivity index (χ3v) is 3.41. The third-order valence-electron chi connectivity index (χ3n) is 3.41. The zero-order chi connectivity index (χ0) is 12.3. The van der Waals surface area contributed by atoms with Crippen LogP contribution in [-0.2, 0) is 4.79 Å². The number of hydrogen-bond donors (Lipinski definition) is 0. The van der Waals surface area contributed by atoms with Crippen LogP contribution in [-0.4, -0.2) is 55.4 Å². The second-order valence-corrected chi connectivity index (χ2v) is 6.17. The summed E-state index contributed by atoms with van der Waals surface area (Å²) in [5.74, 6) is 0.354. The molecule has 1 atom stereocenters. The molecule has 0 aliphatic carbocycles. The fraction of sp³-hybridized carbons (Fsp3) is 0.923. The van der Waals surface area contributed by atoms with Crippen LogP contribution in [0.5, 0.6) is 0 Å². The van der Waals surface area contributed by atoms with E-state index >= 15 is 0 Å². The van der Waals surface area contributed by atoms with E-state index in [9.17, 15) is 4.79 Å². The number of carbonyl (C=O) groups is 1. The highest BCUT2D eigenvalue weighted by Gasteiger charge is 2.27. The van der Waals surface area contributed by atoms with E-state index in [0.29, 0.717) is 18.4 Å². The zero-order valence-corrected chi connectivity index (χ0v) is 11.4. The average Bonchev–Trinajstić information content (AvgIpc) is 2.16. The van der Waals surface area contributed by atoms with Gasteiger partial charge in [-0.25, -0.2) is 0 Å². The highest BCUT2D eigenvalue weighted by atomic mass is 16.1. The Bertz CT molecular complexity index is 243. The number of nitrogens with zero attached hydrogens (tertiary/aromatic N) is 2. The van der Waals surface area contributed by atoms with Gasteiger partial charge in [0.1, 0.15) is 0 Å². The van der Waals surface area contributed by atoms with Crippen LogP contribution in [0.4, 0.5) is 0 Å². The summed E-state index contributed by atoms with van der Waals surface area (Å²) in [4.78, 5) is 16.5. The van der Waals surface area contributed by atoms with E-state index in [4.69, 9.17) is 0 Å². The minimum Gasteiger partial charge on any atom is -0.305 e. The maximum absolute atomic E-state index is 12.0. The number of ketones is 1. The predicted octanol–water partition coefficient (Wildman–Crippen LogP) is 1.63. The molecule has 3 heteroatoms. The van der Waals surface area contributed by atoms with Gasteiger partial charge in [-0.15, -0.1) is 0 Å². The van der Waals surface area contributed by atoms with Crippen LogP contribution in [0, 0.1) is 5.41 Å². The largest absolute Gasteiger partial charge is 0.305 e. The molecule has 1 fully saturated rings. The highest BCUT2D eigenvalue weighted by molar-refractivity contribution is 5.85. The number of Topliss-reactive ketones (excluding diaryl/α,β-unsaturated/α-hetero) is 1. The van der Waals surface area contributed by atoms with Crippen molar-refractivity contribution in [3.8, 4) is 0 Å². The molecule has 94 valence electrons. The Labute approximate surface area is 99.8 Å². The van der Waals surface area contributed by atoms with E-state index < -0.39 is 0 Å². The highest BCUT2D eigenvalue weighted by Crippen LogP contribution is 2.18. The van der Waals surface area contributed by atoms with E-state index in [2.05, 4.69) is 23.9 Å². The van der Waals surface area contributed by atoms with Crippen molar-refractivity contribution in [2.75, 3.05) is 33.7 Å². The Morgan fingerprint density at radius 1 is 1.38 bits per heavy atom. The van der Waals surface area contributed by atoms with Gasteiger partial charge in [-0.3, -0.25) is 9.69 Å². The van der Waals surface area contributed by atoms with Crippen LogP contribution >= 0.6 is 0 Å². The van der Waals surface area contributed by atoms with Crippen molar-refractivity contribution in [3.63, 3.8) is 0 Å². The summed E-state index contributed by atoms with van der Waals surface area (Å²) >= 11 is 0. The van der Waals surface area contributed by atoms with E-state index in [1.165, 1.54) is 12.8 Å². The van der Waals surface area contributed by atoms with Gasteiger partial charge in [-0.05, 0) is 33.5 Å². The molecule has 0 spiro atoms. The molecule has 0 bridgehead atoms. The Morgan fingerprint density at radius 3 is 2.50 bits per heavy atom. The summed E-state index contributed by atoms with van der Waals surface area (Å²) < 4.78 is 0. The lowest BCUT2D eigenvalue weighted by molar-refractivity contribution is -0.127. The van der Waals surface area contributed by atoms with Crippen molar-refractivity contribution in [3.05, 3.63) is 0 Å². The third kappa shape index (κ3) is 3.87. The van der Waals surface area contributed by atoms with Crippen molar-refractivity contribution >= 4 is 5.78 Å². The lowest BCUT2D eigenvalue weighted by atomic mass is 9.90. The fourth-order valence-electron chi connectivity index (χ4n) is 2.04. The van der Waals surface area contributed by atoms with Gasteiger partial charge in [-0.1, -0.05) is 20.8 Å². The van der Waals surface area contributed by atoms with E-state index in [1.54, 1.807) is 0 Å². The van der Waals surface area contributed by atoms with Crippen molar-refractivity contribution in [2.24, 2.45) is 5.41 Å². The SMILES string of the molecule is CN(C)C1CCCN(CC(=O)C(C)(C)C)C1. The van der Waals surface area contributed by atoms with Crippen molar-refractivity contribution < 1.29 is 4.79 Å². The molecule has 16 heavy (non-hydrogen) atoms. The van der Waals surface area contributed by atoms with Crippen LogP contribution in [0.15, 0.2) is 0 Å². The summed E-state index contributed by atoms with van der Waals surface area (Å²) in [6.45, 7) is 8.74. The Morgan fingerprint density at radius 2 is 2.00 bits per heavy atom. The van der Waals surface area contributed by atoms with Crippen molar-refractivity contribution in [2.45, 2.75) is 39.7 Å². The normalized spacial score (nSPS) is 23.8. The van der Waals surface area contributed by atoms with E-state index in [-0.39, 0.29) is 5.41 Å². The van der Waals surface area contributed by atoms with Gasteiger partial charge in [0.25, 0.3) is 0 Å². The molecular weight excluding hydrogens is 200 g/mol. The van der Waals surface area contributed by atoms with Gasteiger partial charge in [0.2, 0.25) is 0 Å². The summed E-state index contributed by atoms with van der Waals surface area (Å²) in [6, 6.07) is 0.613. The van der Waals surface area contributed by atoms with Crippen molar-refractivity contribution in [1.82, 2.24) is 9.80 Å². The maximum Gasteiger partial charge on any atom is 0.152 e. The maximum atomic E-state index is 12.0. The van der Waals surface area contributed by atoms with Gasteiger partial charge in [0.05, 0.1) is 6.54 Å². The zero-order valence-electron chi connectivity index (χ0n) is 11.4. The first-order chi connectivity index (χ1) is 7.30. The quantitative estimate of drug-likeness (QED) is 0.731. The predicted molar refractivity (Wildman–Crippen MR) is 67.6 cm³/mol. The standard InChI is InChI=1S/C13H26N2O/c1-13(2,3)12(16)10-15-8-6-7-11(9-15)14(4)5/h11H,6-10H2,1-5H3. The van der Waals surface area contributed by atoms with Crippen LogP contribution in [0.2, 0.25) is 0 Å². The lowest BCUT2D eigenvalue weighted by Gasteiger charge is -2.36. The minimum atomic E-state index is -0.203. The van der Waals surface area contributed by atoms with Gasteiger partial charge in [0.15, 0.2) is 5.78 Å². The number of likely N-dealkylation sites (N-methyl/N-ethyl adjacent to an activating group) is 1. The molecule has 0 N–H and O–H groups in total. The first-order valence-electron chi connectivity index (χ1n) is 6.23. The minimum absolute atomic E-state index is 0.203. The number of hydrogen-bond acceptors (Lipinski definition) is 3. The molecule has 3 nitrogen and oxygen atoms in total. The second-order valence-electron chi connectivity index (χ2n) is 6.17. The first kappa shape index (κ1) is 13.7. The molecule has 1 unspecified atom stereocenters. The Balaban J connectivity index is 2.46. The smallest absolute Gasteiger partial charge is 0.152 e. The molecule has 0 aromatic rings.